The van der Waals surface area contributed by atoms with E-state index >= 15 is 0 Å². The Kier molecular flexibility index (Phi) is 6.08. The van der Waals surface area contributed by atoms with E-state index in [4.69, 9.17) is 14.6 Å². The number of ether oxygens (including phenoxy) is 2. The minimum atomic E-state index is -0.603. The highest BCUT2D eigenvalue weighted by Crippen LogP contribution is 2.24. The average Bonchev–Trinajstić information content (AvgIpc) is 3.25. The molecule has 1 fully saturated rings. The number of hydrogen-bond acceptors (Lipinski definition) is 7. The van der Waals surface area contributed by atoms with Gasteiger partial charge in [-0.15, -0.1) is 0 Å². The molecule has 0 amide bonds. The lowest BCUT2D eigenvalue weighted by molar-refractivity contribution is 0.0418. The second-order valence-corrected chi connectivity index (χ2v) is 7.49. The number of anilines is 1. The zero-order chi connectivity index (χ0) is 21.1. The van der Waals surface area contributed by atoms with E-state index in [1.54, 1.807) is 4.68 Å². The predicted octanol–water partition coefficient (Wildman–Crippen LogP) is 2.54. The third-order valence-corrected chi connectivity index (χ3v) is 5.16. The highest BCUT2D eigenvalue weighted by atomic mass is 16.5. The first-order valence-electron chi connectivity index (χ1n) is 10.1. The number of nitrogens with zero attached hydrogens (tertiary/aromatic N) is 5. The van der Waals surface area contributed by atoms with Crippen molar-refractivity contribution in [3.05, 3.63) is 54.0 Å². The van der Waals surface area contributed by atoms with Gasteiger partial charge in [-0.3, -0.25) is 0 Å². The maximum atomic E-state index is 9.70. The largest absolute Gasteiger partial charge is 0.393 e. The van der Waals surface area contributed by atoms with Crippen LogP contribution in [-0.4, -0.2) is 64.4 Å². The van der Waals surface area contributed by atoms with Gasteiger partial charge in [0.15, 0.2) is 11.6 Å². The van der Waals surface area contributed by atoms with E-state index < -0.39 is 6.10 Å². The monoisotopic (exact) mass is 409 g/mol. The molecule has 4 rings (SSSR count). The molecule has 0 bridgehead atoms. The smallest absolute Gasteiger partial charge is 0.164 e. The van der Waals surface area contributed by atoms with Crippen molar-refractivity contribution < 1.29 is 14.6 Å². The molecule has 2 aromatic heterocycles. The van der Waals surface area contributed by atoms with Crippen molar-refractivity contribution in [1.29, 1.82) is 0 Å². The molecule has 3 aromatic rings. The van der Waals surface area contributed by atoms with Gasteiger partial charge in [0.25, 0.3) is 0 Å². The lowest BCUT2D eigenvalue weighted by atomic mass is 10.1. The van der Waals surface area contributed by atoms with Crippen LogP contribution in [0.4, 0.5) is 5.82 Å². The van der Waals surface area contributed by atoms with Gasteiger partial charge in [0, 0.05) is 38.0 Å². The molecule has 1 N–H and O–H groups in total. The van der Waals surface area contributed by atoms with Crippen molar-refractivity contribution in [3.8, 4) is 17.1 Å². The van der Waals surface area contributed by atoms with Crippen LogP contribution in [0.5, 0.6) is 0 Å². The van der Waals surface area contributed by atoms with Gasteiger partial charge in [0.2, 0.25) is 0 Å². The number of aryl methyl sites for hydroxylation is 1. The molecule has 158 valence electrons. The Hall–Kier alpha value is -2.81. The summed E-state index contributed by atoms with van der Waals surface area (Å²) in [4.78, 5) is 11.5. The topological polar surface area (TPSA) is 85.5 Å². The third-order valence-electron chi connectivity index (χ3n) is 5.16. The highest BCUT2D eigenvalue weighted by molar-refractivity contribution is 5.60. The molecule has 0 saturated carbocycles. The molecule has 1 aromatic carbocycles. The summed E-state index contributed by atoms with van der Waals surface area (Å²) in [7, 11) is 1.54. The Balaban J connectivity index is 1.73. The van der Waals surface area contributed by atoms with Gasteiger partial charge >= 0.3 is 0 Å². The van der Waals surface area contributed by atoms with Gasteiger partial charge in [-0.1, -0.05) is 23.8 Å². The minimum absolute atomic E-state index is 0.120. The summed E-state index contributed by atoms with van der Waals surface area (Å²) in [6, 6.07) is 12.1. The van der Waals surface area contributed by atoms with E-state index in [2.05, 4.69) is 33.9 Å². The van der Waals surface area contributed by atoms with Crippen molar-refractivity contribution in [2.24, 2.45) is 0 Å². The zero-order valence-corrected chi connectivity index (χ0v) is 17.5. The number of methoxy groups -OCH3 is 1. The number of benzene rings is 1. The van der Waals surface area contributed by atoms with Crippen LogP contribution in [0.3, 0.4) is 0 Å². The van der Waals surface area contributed by atoms with Crippen LogP contribution in [0, 0.1) is 6.92 Å². The van der Waals surface area contributed by atoms with Gasteiger partial charge in [0.1, 0.15) is 11.9 Å². The number of morpholine rings is 1. The van der Waals surface area contributed by atoms with Gasteiger partial charge < -0.3 is 19.5 Å². The number of aromatic nitrogens is 4. The van der Waals surface area contributed by atoms with Crippen LogP contribution >= 0.6 is 0 Å². The molecule has 0 radical (unpaired) electrons. The van der Waals surface area contributed by atoms with Crippen LogP contribution in [-0.2, 0) is 9.47 Å². The Bertz CT molecular complexity index is 1000. The van der Waals surface area contributed by atoms with E-state index in [-0.39, 0.29) is 12.7 Å². The Morgan fingerprint density at radius 2 is 2.07 bits per heavy atom. The predicted molar refractivity (Wildman–Crippen MR) is 114 cm³/mol. The summed E-state index contributed by atoms with van der Waals surface area (Å²) in [5.41, 5.74) is 3.10. The molecule has 1 saturated heterocycles. The molecule has 2 atom stereocenters. The normalized spacial score (nSPS) is 17.9. The second-order valence-electron chi connectivity index (χ2n) is 7.49. The quantitative estimate of drug-likeness (QED) is 0.670. The first-order chi connectivity index (χ1) is 14.6. The maximum Gasteiger partial charge on any atom is 0.164 e. The van der Waals surface area contributed by atoms with Gasteiger partial charge in [0.05, 0.1) is 25.0 Å². The van der Waals surface area contributed by atoms with E-state index in [0.29, 0.717) is 18.2 Å². The van der Waals surface area contributed by atoms with E-state index in [1.165, 1.54) is 12.7 Å². The molecule has 0 unspecified atom stereocenters. The molecule has 8 nitrogen and oxygen atoms in total. The van der Waals surface area contributed by atoms with E-state index in [0.717, 1.165) is 30.2 Å². The van der Waals surface area contributed by atoms with E-state index in [1.807, 2.05) is 37.4 Å². The van der Waals surface area contributed by atoms with Crippen molar-refractivity contribution in [1.82, 2.24) is 19.7 Å². The molecule has 0 spiro atoms. The van der Waals surface area contributed by atoms with Crippen molar-refractivity contribution in [2.75, 3.05) is 38.3 Å². The molecule has 1 aliphatic rings. The number of aliphatic hydroxyl groups excluding tert-OH is 1. The molecule has 1 aliphatic heterocycles. The van der Waals surface area contributed by atoms with Crippen LogP contribution in [0.15, 0.2) is 42.6 Å². The first kappa shape index (κ1) is 20.5. The summed E-state index contributed by atoms with van der Waals surface area (Å²) in [6.07, 6.45) is 1.40. The maximum absolute atomic E-state index is 9.70. The fraction of sp³-hybridized carbons (Fsp3) is 0.409. The van der Waals surface area contributed by atoms with Crippen molar-refractivity contribution in [2.45, 2.75) is 26.1 Å². The van der Waals surface area contributed by atoms with Gasteiger partial charge in [-0.25, -0.2) is 14.6 Å². The summed E-state index contributed by atoms with van der Waals surface area (Å²) < 4.78 is 12.8. The Morgan fingerprint density at radius 3 is 2.80 bits per heavy atom. The summed E-state index contributed by atoms with van der Waals surface area (Å²) in [5.74, 6) is 1.83. The zero-order valence-electron chi connectivity index (χ0n) is 17.5. The molecule has 3 heterocycles. The minimum Gasteiger partial charge on any atom is -0.393 e. The molecule has 0 aliphatic carbocycles. The van der Waals surface area contributed by atoms with Gasteiger partial charge in [-0.2, -0.15) is 5.10 Å². The fourth-order valence-electron chi connectivity index (χ4n) is 3.56. The third kappa shape index (κ3) is 4.35. The van der Waals surface area contributed by atoms with Gasteiger partial charge in [-0.05, 0) is 26.0 Å². The number of hydrogen-bond donors (Lipinski definition) is 1. The van der Waals surface area contributed by atoms with E-state index in [9.17, 15) is 5.11 Å². The van der Waals surface area contributed by atoms with Crippen LogP contribution in [0.1, 0.15) is 24.4 Å². The Morgan fingerprint density at radius 1 is 1.23 bits per heavy atom. The fourth-order valence-corrected chi connectivity index (χ4v) is 3.56. The first-order valence-corrected chi connectivity index (χ1v) is 10.1. The summed E-state index contributed by atoms with van der Waals surface area (Å²) in [6.45, 7) is 6.02. The van der Waals surface area contributed by atoms with Crippen LogP contribution in [0.2, 0.25) is 0 Å². The highest BCUT2D eigenvalue weighted by Gasteiger charge is 2.22. The lowest BCUT2D eigenvalue weighted by Crippen LogP contribution is -2.41. The lowest BCUT2D eigenvalue weighted by Gasteiger charge is -2.32. The summed E-state index contributed by atoms with van der Waals surface area (Å²) in [5, 5.41) is 14.4. The molecule has 8 heteroatoms. The van der Waals surface area contributed by atoms with Crippen LogP contribution in [0.25, 0.3) is 17.1 Å². The Labute approximate surface area is 176 Å². The van der Waals surface area contributed by atoms with Crippen molar-refractivity contribution >= 4 is 5.82 Å². The average molecular weight is 409 g/mol. The second kappa shape index (κ2) is 8.91. The molecular formula is C22H27N5O3. The standard InChI is InChI=1S/C22H27N5O3/c1-15-5-4-6-17(11-15)18-7-8-27(25-18)21-12-20(26-9-10-30-16(2)13-26)23-22(24-21)19(14-28)29-3/h4-8,11-12,16,19,28H,9-10,13-14H2,1-3H3/t16-,19-/m1/s1. The SMILES string of the molecule is CO[C@H](CO)c1nc(N2CCO[C@H](C)C2)cc(-n2ccc(-c3cccc(C)c3)n2)n1. The van der Waals surface area contributed by atoms with Crippen molar-refractivity contribution in [3.63, 3.8) is 0 Å². The summed E-state index contributed by atoms with van der Waals surface area (Å²) >= 11 is 0. The number of rotatable bonds is 6. The molecule has 30 heavy (non-hydrogen) atoms. The number of aliphatic hydroxyl groups is 1. The van der Waals surface area contributed by atoms with Crippen LogP contribution < -0.4 is 4.90 Å². The molecular weight excluding hydrogens is 382 g/mol.